The number of alkyl halides is 3. The van der Waals surface area contributed by atoms with Gasteiger partial charge in [0.2, 0.25) is 5.91 Å². The summed E-state index contributed by atoms with van der Waals surface area (Å²) in [4.78, 5) is 39.2. The van der Waals surface area contributed by atoms with Crippen molar-refractivity contribution in [1.82, 2.24) is 9.80 Å². The number of nitrogens with zero attached hydrogens (tertiary/aromatic N) is 2. The van der Waals surface area contributed by atoms with Crippen LogP contribution in [0.2, 0.25) is 0 Å². The van der Waals surface area contributed by atoms with Crippen molar-refractivity contribution < 1.29 is 32.3 Å². The molecule has 0 radical (unpaired) electrons. The molecule has 2 N–H and O–H groups in total. The number of halogens is 3. The van der Waals surface area contributed by atoms with Gasteiger partial charge in [-0.05, 0) is 37.1 Å². The summed E-state index contributed by atoms with van der Waals surface area (Å²) < 4.78 is 43.2. The summed E-state index contributed by atoms with van der Waals surface area (Å²) in [5.74, 6) is -1.22. The van der Waals surface area contributed by atoms with E-state index in [-0.39, 0.29) is 43.6 Å². The van der Waals surface area contributed by atoms with Gasteiger partial charge in [0.25, 0.3) is 11.8 Å². The first-order valence-electron chi connectivity index (χ1n) is 8.87. The van der Waals surface area contributed by atoms with Crippen LogP contribution in [0.4, 0.5) is 13.2 Å². The Labute approximate surface area is 159 Å². The molecule has 3 amide bonds. The fourth-order valence-corrected chi connectivity index (χ4v) is 3.35. The Balaban J connectivity index is 1.54. The summed E-state index contributed by atoms with van der Waals surface area (Å²) in [6.45, 7) is 1.09. The second-order valence-corrected chi connectivity index (χ2v) is 6.79. The van der Waals surface area contributed by atoms with E-state index in [1.807, 2.05) is 0 Å². The van der Waals surface area contributed by atoms with E-state index in [9.17, 15) is 27.6 Å². The highest BCUT2D eigenvalue weighted by Gasteiger charge is 2.37. The highest BCUT2D eigenvalue weighted by Crippen LogP contribution is 2.29. The molecule has 10 heteroatoms. The zero-order valence-corrected chi connectivity index (χ0v) is 14.9. The molecule has 0 spiro atoms. The van der Waals surface area contributed by atoms with Crippen LogP contribution in [0.25, 0.3) is 0 Å². The highest BCUT2D eigenvalue weighted by atomic mass is 19.4. The van der Waals surface area contributed by atoms with Crippen LogP contribution in [0.3, 0.4) is 0 Å². The normalized spacial score (nSPS) is 23.0. The van der Waals surface area contributed by atoms with Crippen molar-refractivity contribution in [2.75, 3.05) is 26.2 Å². The van der Waals surface area contributed by atoms with Crippen molar-refractivity contribution in [1.29, 1.82) is 0 Å². The van der Waals surface area contributed by atoms with Crippen molar-refractivity contribution >= 4 is 17.7 Å². The predicted octanol–water partition coefficient (Wildman–Crippen LogP) is 1.02. The third kappa shape index (κ3) is 4.27. The maximum Gasteiger partial charge on any atom is 0.416 e. The minimum atomic E-state index is -4.45. The number of piperazine rings is 1. The molecule has 3 rings (SSSR count). The molecule has 1 aromatic carbocycles. The van der Waals surface area contributed by atoms with Gasteiger partial charge in [0.1, 0.15) is 12.2 Å². The minimum absolute atomic E-state index is 0.163. The fourth-order valence-electron chi connectivity index (χ4n) is 3.35. The Morgan fingerprint density at radius 1 is 0.929 bits per heavy atom. The fraction of sp³-hybridized carbons (Fsp3) is 0.500. The van der Waals surface area contributed by atoms with E-state index in [1.54, 1.807) is 4.90 Å². The summed E-state index contributed by atoms with van der Waals surface area (Å²) >= 11 is 0. The molecule has 0 aromatic heterocycles. The van der Waals surface area contributed by atoms with Crippen molar-refractivity contribution in [3.8, 4) is 0 Å². The first-order chi connectivity index (χ1) is 13.2. The first-order valence-corrected chi connectivity index (χ1v) is 8.87. The molecule has 1 aromatic rings. The van der Waals surface area contributed by atoms with Gasteiger partial charge in [-0.1, -0.05) is 0 Å². The summed E-state index contributed by atoms with van der Waals surface area (Å²) in [5, 5.41) is 0. The molecule has 0 unspecified atom stereocenters. The smallest absolute Gasteiger partial charge is 0.367 e. The van der Waals surface area contributed by atoms with E-state index >= 15 is 0 Å². The average molecular weight is 399 g/mol. The Hall–Kier alpha value is -2.62. The van der Waals surface area contributed by atoms with Crippen LogP contribution in [-0.4, -0.2) is 65.9 Å². The van der Waals surface area contributed by atoms with Crippen molar-refractivity contribution in [3.05, 3.63) is 35.4 Å². The largest absolute Gasteiger partial charge is 0.416 e. The molecule has 7 nitrogen and oxygen atoms in total. The Morgan fingerprint density at radius 3 is 1.96 bits per heavy atom. The van der Waals surface area contributed by atoms with Crippen molar-refractivity contribution in [2.24, 2.45) is 5.73 Å². The number of hydrogen-bond donors (Lipinski definition) is 1. The number of ether oxygens (including phenoxy) is 1. The van der Waals surface area contributed by atoms with Crippen LogP contribution in [0.1, 0.15) is 28.8 Å². The van der Waals surface area contributed by atoms with Gasteiger partial charge in [-0.15, -0.1) is 0 Å². The molecule has 0 bridgehead atoms. The van der Waals surface area contributed by atoms with Gasteiger partial charge in [-0.2, -0.15) is 13.2 Å². The van der Waals surface area contributed by atoms with Gasteiger partial charge in [-0.25, -0.2) is 0 Å². The maximum atomic E-state index is 12.6. The molecular weight excluding hydrogens is 379 g/mol. The second-order valence-electron chi connectivity index (χ2n) is 6.79. The van der Waals surface area contributed by atoms with Crippen LogP contribution in [0.5, 0.6) is 0 Å². The zero-order chi connectivity index (χ0) is 20.5. The number of carbonyl (C=O) groups is 3. The lowest BCUT2D eigenvalue weighted by Gasteiger charge is -2.35. The van der Waals surface area contributed by atoms with E-state index in [0.29, 0.717) is 12.8 Å². The molecule has 0 saturated carbocycles. The Kier molecular flexibility index (Phi) is 5.59. The number of amides is 3. The van der Waals surface area contributed by atoms with Crippen molar-refractivity contribution in [2.45, 2.75) is 31.2 Å². The first kappa shape index (κ1) is 20.1. The van der Waals surface area contributed by atoms with Gasteiger partial charge in [0.15, 0.2) is 0 Å². The van der Waals surface area contributed by atoms with Crippen LogP contribution in [0, 0.1) is 0 Å². The highest BCUT2D eigenvalue weighted by molar-refractivity contribution is 5.94. The van der Waals surface area contributed by atoms with E-state index in [1.165, 1.54) is 4.90 Å². The molecular formula is C18H20F3N3O4. The molecule has 2 aliphatic heterocycles. The molecule has 2 heterocycles. The lowest BCUT2D eigenvalue weighted by Crippen LogP contribution is -2.53. The number of primary amides is 1. The predicted molar refractivity (Wildman–Crippen MR) is 91.0 cm³/mol. The third-order valence-corrected chi connectivity index (χ3v) is 4.95. The van der Waals surface area contributed by atoms with Crippen LogP contribution in [0.15, 0.2) is 24.3 Å². The van der Waals surface area contributed by atoms with E-state index in [4.69, 9.17) is 10.5 Å². The van der Waals surface area contributed by atoms with E-state index in [0.717, 1.165) is 24.3 Å². The summed E-state index contributed by atoms with van der Waals surface area (Å²) in [7, 11) is 0. The van der Waals surface area contributed by atoms with Crippen molar-refractivity contribution in [3.63, 3.8) is 0 Å². The standard InChI is InChI=1S/C18H20F3N3O4/c19-18(20,21)12-3-1-11(2-4-12)16(26)23-7-9-24(10-8-23)17(27)14-6-5-13(28-14)15(22)25/h1-4,13-14H,5-10H2,(H2,22,25)/t13-,14+/m0/s1. The number of nitrogens with two attached hydrogens (primary N) is 1. The monoisotopic (exact) mass is 399 g/mol. The average Bonchev–Trinajstić information content (AvgIpc) is 3.17. The summed E-state index contributed by atoms with van der Waals surface area (Å²) in [5.41, 5.74) is 4.53. The second kappa shape index (κ2) is 7.78. The van der Waals surface area contributed by atoms with Gasteiger partial charge < -0.3 is 20.3 Å². The summed E-state index contributed by atoms with van der Waals surface area (Å²) in [6, 6.07) is 4.05. The number of rotatable bonds is 3. The summed E-state index contributed by atoms with van der Waals surface area (Å²) in [6.07, 6.45) is -5.11. The topological polar surface area (TPSA) is 92.9 Å². The molecule has 2 atom stereocenters. The van der Waals surface area contributed by atoms with Gasteiger partial charge in [0.05, 0.1) is 5.56 Å². The third-order valence-electron chi connectivity index (χ3n) is 4.95. The Bertz CT molecular complexity index is 758. The van der Waals surface area contributed by atoms with E-state index < -0.39 is 29.9 Å². The maximum absolute atomic E-state index is 12.6. The van der Waals surface area contributed by atoms with Crippen LogP contribution in [-0.2, 0) is 20.5 Å². The number of carbonyl (C=O) groups excluding carboxylic acids is 3. The quantitative estimate of drug-likeness (QED) is 0.822. The lowest BCUT2D eigenvalue weighted by atomic mass is 10.1. The van der Waals surface area contributed by atoms with Gasteiger partial charge in [-0.3, -0.25) is 14.4 Å². The zero-order valence-electron chi connectivity index (χ0n) is 14.9. The van der Waals surface area contributed by atoms with Gasteiger partial charge in [0, 0.05) is 31.7 Å². The number of hydrogen-bond acceptors (Lipinski definition) is 4. The van der Waals surface area contributed by atoms with Crippen LogP contribution >= 0.6 is 0 Å². The van der Waals surface area contributed by atoms with Gasteiger partial charge >= 0.3 is 6.18 Å². The molecule has 28 heavy (non-hydrogen) atoms. The lowest BCUT2D eigenvalue weighted by molar-refractivity contribution is -0.147. The molecule has 2 saturated heterocycles. The number of benzene rings is 1. The minimum Gasteiger partial charge on any atom is -0.367 e. The molecule has 0 aliphatic carbocycles. The molecule has 2 aliphatic rings. The molecule has 152 valence electrons. The van der Waals surface area contributed by atoms with E-state index in [2.05, 4.69) is 0 Å². The SMILES string of the molecule is NC(=O)[C@@H]1CC[C@H](C(=O)N2CCN(C(=O)c3ccc(C(F)(F)F)cc3)CC2)O1. The molecule has 2 fully saturated rings. The Morgan fingerprint density at radius 2 is 1.46 bits per heavy atom. The van der Waals surface area contributed by atoms with Crippen LogP contribution < -0.4 is 5.73 Å².